The Morgan fingerprint density at radius 3 is 2.70 bits per heavy atom. The molecule has 5 heteroatoms. The van der Waals surface area contributed by atoms with Gasteiger partial charge in [-0.2, -0.15) is 5.10 Å². The van der Waals surface area contributed by atoms with E-state index in [-0.39, 0.29) is 11.8 Å². The van der Waals surface area contributed by atoms with Crippen LogP contribution in [0.2, 0.25) is 0 Å². The van der Waals surface area contributed by atoms with Crippen molar-refractivity contribution in [2.24, 2.45) is 5.10 Å². The van der Waals surface area contributed by atoms with Crippen LogP contribution in [-0.4, -0.2) is 24.6 Å². The molecular formula is C18H17N3O2. The molecule has 2 aromatic carbocycles. The number of anilines is 1. The van der Waals surface area contributed by atoms with Crippen molar-refractivity contribution >= 4 is 23.7 Å². The average molecular weight is 307 g/mol. The zero-order valence-electron chi connectivity index (χ0n) is 12.6. The van der Waals surface area contributed by atoms with Gasteiger partial charge in [-0.3, -0.25) is 9.59 Å². The van der Waals surface area contributed by atoms with Crippen LogP contribution in [0.3, 0.4) is 0 Å². The van der Waals surface area contributed by atoms with Gasteiger partial charge in [0.25, 0.3) is 5.91 Å². The lowest BCUT2D eigenvalue weighted by atomic mass is 10.2. The van der Waals surface area contributed by atoms with Crippen LogP contribution >= 0.6 is 0 Å². The summed E-state index contributed by atoms with van der Waals surface area (Å²) in [5, 5.41) is 3.95. The van der Waals surface area contributed by atoms with Gasteiger partial charge in [-0.25, -0.2) is 5.43 Å². The third-order valence-electron chi connectivity index (χ3n) is 3.67. The fourth-order valence-corrected chi connectivity index (χ4v) is 2.51. The van der Waals surface area contributed by atoms with Crippen LogP contribution in [0.15, 0.2) is 59.7 Å². The van der Waals surface area contributed by atoms with Gasteiger partial charge >= 0.3 is 0 Å². The highest BCUT2D eigenvalue weighted by molar-refractivity contribution is 5.99. The summed E-state index contributed by atoms with van der Waals surface area (Å²) in [7, 11) is 0. The van der Waals surface area contributed by atoms with Crippen LogP contribution in [0, 0.1) is 0 Å². The zero-order valence-corrected chi connectivity index (χ0v) is 12.6. The smallest absolute Gasteiger partial charge is 0.271 e. The molecule has 116 valence electrons. The van der Waals surface area contributed by atoms with Crippen molar-refractivity contribution in [3.63, 3.8) is 0 Å². The summed E-state index contributed by atoms with van der Waals surface area (Å²) in [6, 6.07) is 16.6. The minimum Gasteiger partial charge on any atom is -0.312 e. The van der Waals surface area contributed by atoms with Gasteiger partial charge in [0.1, 0.15) is 0 Å². The van der Waals surface area contributed by atoms with Crippen molar-refractivity contribution in [2.45, 2.75) is 12.8 Å². The van der Waals surface area contributed by atoms with Crippen molar-refractivity contribution in [1.29, 1.82) is 0 Å². The molecular weight excluding hydrogens is 290 g/mol. The summed E-state index contributed by atoms with van der Waals surface area (Å²) < 4.78 is 0. The number of hydrogen-bond acceptors (Lipinski definition) is 3. The highest BCUT2D eigenvalue weighted by atomic mass is 16.2. The van der Waals surface area contributed by atoms with E-state index in [1.165, 1.54) is 0 Å². The van der Waals surface area contributed by atoms with Crippen LogP contribution in [0.5, 0.6) is 0 Å². The molecule has 1 heterocycles. The van der Waals surface area contributed by atoms with E-state index in [0.717, 1.165) is 17.7 Å². The van der Waals surface area contributed by atoms with Crippen molar-refractivity contribution in [1.82, 2.24) is 5.43 Å². The Morgan fingerprint density at radius 2 is 1.96 bits per heavy atom. The monoisotopic (exact) mass is 307 g/mol. The second-order valence-corrected chi connectivity index (χ2v) is 5.31. The number of carbonyl (C=O) groups is 2. The van der Waals surface area contributed by atoms with Crippen molar-refractivity contribution in [2.75, 3.05) is 11.4 Å². The first-order valence-corrected chi connectivity index (χ1v) is 7.53. The molecule has 0 bridgehead atoms. The third kappa shape index (κ3) is 3.63. The lowest BCUT2D eigenvalue weighted by Crippen LogP contribution is -2.24. The van der Waals surface area contributed by atoms with Crippen LogP contribution in [-0.2, 0) is 4.79 Å². The standard InChI is InChI=1S/C18H17N3O2/c22-17-10-5-11-21(17)16-9-4-8-15(12-16)18(23)20-19-13-14-6-2-1-3-7-14/h1-4,6-9,12-13H,5,10-11H2,(H,20,23)/b19-13+. The van der Waals surface area contributed by atoms with E-state index in [0.29, 0.717) is 18.5 Å². The van der Waals surface area contributed by atoms with Crippen LogP contribution in [0.25, 0.3) is 0 Å². The highest BCUT2D eigenvalue weighted by Gasteiger charge is 2.22. The Hall–Kier alpha value is -2.95. The van der Waals surface area contributed by atoms with Crippen molar-refractivity contribution in [3.05, 3.63) is 65.7 Å². The van der Waals surface area contributed by atoms with E-state index in [2.05, 4.69) is 10.5 Å². The van der Waals surface area contributed by atoms with E-state index in [1.54, 1.807) is 29.3 Å². The maximum atomic E-state index is 12.2. The predicted octanol–water partition coefficient (Wildman–Crippen LogP) is 2.58. The highest BCUT2D eigenvalue weighted by Crippen LogP contribution is 2.22. The Balaban J connectivity index is 1.68. The van der Waals surface area contributed by atoms with Gasteiger partial charge in [0.15, 0.2) is 0 Å². The minimum absolute atomic E-state index is 0.102. The lowest BCUT2D eigenvalue weighted by Gasteiger charge is -2.16. The molecule has 0 unspecified atom stereocenters. The van der Waals surface area contributed by atoms with E-state index in [4.69, 9.17) is 0 Å². The molecule has 23 heavy (non-hydrogen) atoms. The molecule has 2 amide bonds. The number of carbonyl (C=O) groups excluding carboxylic acids is 2. The molecule has 0 spiro atoms. The normalized spacial score (nSPS) is 14.4. The second kappa shape index (κ2) is 6.87. The Kier molecular flexibility index (Phi) is 4.47. The Labute approximate surface area is 134 Å². The van der Waals surface area contributed by atoms with Crippen LogP contribution < -0.4 is 10.3 Å². The number of amides is 2. The molecule has 0 aliphatic carbocycles. The number of nitrogens with one attached hydrogen (secondary N) is 1. The molecule has 1 N–H and O–H groups in total. The van der Waals surface area contributed by atoms with Gasteiger partial charge in [0.2, 0.25) is 5.91 Å². The zero-order chi connectivity index (χ0) is 16.1. The van der Waals surface area contributed by atoms with E-state index < -0.39 is 0 Å². The fourth-order valence-electron chi connectivity index (χ4n) is 2.51. The van der Waals surface area contributed by atoms with Gasteiger partial charge in [-0.05, 0) is 30.2 Å². The fraction of sp³-hybridized carbons (Fsp3) is 0.167. The molecule has 0 radical (unpaired) electrons. The maximum Gasteiger partial charge on any atom is 0.271 e. The summed E-state index contributed by atoms with van der Waals surface area (Å²) in [6.45, 7) is 0.704. The average Bonchev–Trinajstić information content (AvgIpc) is 3.02. The van der Waals surface area contributed by atoms with Crippen molar-refractivity contribution < 1.29 is 9.59 Å². The van der Waals surface area contributed by atoms with Gasteiger partial charge < -0.3 is 4.90 Å². The summed E-state index contributed by atoms with van der Waals surface area (Å²) in [6.07, 6.45) is 3.01. The molecule has 1 aliphatic rings. The molecule has 0 saturated carbocycles. The quantitative estimate of drug-likeness (QED) is 0.697. The van der Waals surface area contributed by atoms with Crippen molar-refractivity contribution in [3.8, 4) is 0 Å². The largest absolute Gasteiger partial charge is 0.312 e. The number of hydrazone groups is 1. The SMILES string of the molecule is O=C(N/N=C/c1ccccc1)c1cccc(N2CCCC2=O)c1. The molecule has 3 rings (SSSR count). The topological polar surface area (TPSA) is 61.8 Å². The lowest BCUT2D eigenvalue weighted by molar-refractivity contribution is -0.117. The molecule has 0 atom stereocenters. The summed E-state index contributed by atoms with van der Waals surface area (Å²) in [5.74, 6) is -0.199. The molecule has 1 fully saturated rings. The van der Waals surface area contributed by atoms with Crippen LogP contribution in [0.1, 0.15) is 28.8 Å². The molecule has 0 aromatic heterocycles. The summed E-state index contributed by atoms with van der Waals surface area (Å²) >= 11 is 0. The first-order chi connectivity index (χ1) is 11.2. The molecule has 5 nitrogen and oxygen atoms in total. The molecule has 1 saturated heterocycles. The minimum atomic E-state index is -0.300. The third-order valence-corrected chi connectivity index (χ3v) is 3.67. The predicted molar refractivity (Wildman–Crippen MR) is 89.5 cm³/mol. The van der Waals surface area contributed by atoms with E-state index >= 15 is 0 Å². The number of rotatable bonds is 4. The van der Waals surface area contributed by atoms with Gasteiger partial charge in [0, 0.05) is 24.2 Å². The number of hydrogen-bond donors (Lipinski definition) is 1. The Morgan fingerprint density at radius 1 is 1.13 bits per heavy atom. The number of benzene rings is 2. The van der Waals surface area contributed by atoms with Crippen LogP contribution in [0.4, 0.5) is 5.69 Å². The molecule has 1 aliphatic heterocycles. The first-order valence-electron chi connectivity index (χ1n) is 7.53. The summed E-state index contributed by atoms with van der Waals surface area (Å²) in [5.41, 5.74) is 4.65. The maximum absolute atomic E-state index is 12.2. The summed E-state index contributed by atoms with van der Waals surface area (Å²) in [4.78, 5) is 25.7. The molecule has 2 aromatic rings. The Bertz CT molecular complexity index is 741. The van der Waals surface area contributed by atoms with E-state index in [9.17, 15) is 9.59 Å². The number of nitrogens with zero attached hydrogens (tertiary/aromatic N) is 2. The second-order valence-electron chi connectivity index (χ2n) is 5.31. The van der Waals surface area contributed by atoms with Gasteiger partial charge in [-0.15, -0.1) is 0 Å². The van der Waals surface area contributed by atoms with E-state index in [1.807, 2.05) is 36.4 Å². The van der Waals surface area contributed by atoms with Gasteiger partial charge in [0.05, 0.1) is 6.21 Å². The van der Waals surface area contributed by atoms with Gasteiger partial charge in [-0.1, -0.05) is 36.4 Å². The first kappa shape index (κ1) is 15.0.